The van der Waals surface area contributed by atoms with E-state index in [4.69, 9.17) is 4.74 Å². The fraction of sp³-hybridized carbons (Fsp3) is 0.364. The van der Waals surface area contributed by atoms with Crippen molar-refractivity contribution < 1.29 is 13.9 Å². The second kappa shape index (κ2) is 4.51. The van der Waals surface area contributed by atoms with Crippen molar-refractivity contribution in [3.63, 3.8) is 0 Å². The number of nitrogens with one attached hydrogen (secondary N) is 1. The van der Waals surface area contributed by atoms with Crippen LogP contribution < -0.4 is 5.32 Å². The maximum Gasteiger partial charge on any atom is 0.192 e. The highest BCUT2D eigenvalue weighted by molar-refractivity contribution is 5.99. The van der Waals surface area contributed by atoms with Crippen LogP contribution in [0, 0.1) is 5.82 Å². The van der Waals surface area contributed by atoms with Crippen LogP contribution in [0.25, 0.3) is 0 Å². The summed E-state index contributed by atoms with van der Waals surface area (Å²) in [5.41, 5.74) is 0.365. The maximum atomic E-state index is 12.9. The molecule has 1 heterocycles. The van der Waals surface area contributed by atoms with Crippen LogP contribution in [-0.4, -0.2) is 31.6 Å². The molecule has 1 N–H and O–H groups in total. The van der Waals surface area contributed by atoms with Crippen LogP contribution in [0.1, 0.15) is 10.4 Å². The number of morpholine rings is 1. The molecule has 1 aliphatic heterocycles. The van der Waals surface area contributed by atoms with Gasteiger partial charge >= 0.3 is 0 Å². The van der Waals surface area contributed by atoms with E-state index in [2.05, 4.69) is 5.32 Å². The number of hydrogen-bond donors (Lipinski definition) is 1. The van der Waals surface area contributed by atoms with E-state index in [1.165, 1.54) is 18.2 Å². The lowest BCUT2D eigenvalue weighted by Gasteiger charge is -2.22. The van der Waals surface area contributed by atoms with Gasteiger partial charge in [-0.3, -0.25) is 4.79 Å². The van der Waals surface area contributed by atoms with Crippen LogP contribution in [0.2, 0.25) is 0 Å². The van der Waals surface area contributed by atoms with E-state index < -0.39 is 11.9 Å². The third kappa shape index (κ3) is 2.40. The highest BCUT2D eigenvalue weighted by atomic mass is 19.1. The van der Waals surface area contributed by atoms with Crippen molar-refractivity contribution in [1.29, 1.82) is 0 Å². The Labute approximate surface area is 87.2 Å². The smallest absolute Gasteiger partial charge is 0.192 e. The van der Waals surface area contributed by atoms with E-state index in [9.17, 15) is 9.18 Å². The zero-order valence-electron chi connectivity index (χ0n) is 8.20. The van der Waals surface area contributed by atoms with Crippen LogP contribution in [0.5, 0.6) is 0 Å². The summed E-state index contributed by atoms with van der Waals surface area (Å²) in [5.74, 6) is -0.564. The molecule has 1 aromatic rings. The first-order chi connectivity index (χ1) is 7.27. The van der Waals surface area contributed by atoms with Gasteiger partial charge in [-0.15, -0.1) is 0 Å². The topological polar surface area (TPSA) is 38.3 Å². The summed E-state index contributed by atoms with van der Waals surface area (Å²) < 4.78 is 18.2. The van der Waals surface area contributed by atoms with E-state index in [-0.39, 0.29) is 5.78 Å². The van der Waals surface area contributed by atoms with Gasteiger partial charge in [0.25, 0.3) is 0 Å². The zero-order chi connectivity index (χ0) is 10.7. The minimum atomic E-state index is -0.486. The van der Waals surface area contributed by atoms with Crippen LogP contribution >= 0.6 is 0 Å². The van der Waals surface area contributed by atoms with Gasteiger partial charge in [-0.25, -0.2) is 4.39 Å². The lowest BCUT2D eigenvalue weighted by Crippen LogP contribution is -2.43. The second-order valence-corrected chi connectivity index (χ2v) is 3.44. The van der Waals surface area contributed by atoms with Crippen molar-refractivity contribution in [3.05, 3.63) is 35.6 Å². The molecular formula is C11H12FNO2. The Morgan fingerprint density at radius 3 is 3.07 bits per heavy atom. The highest BCUT2D eigenvalue weighted by Crippen LogP contribution is 2.09. The maximum absolute atomic E-state index is 12.9. The molecule has 1 unspecified atom stereocenters. The molecule has 1 aliphatic rings. The van der Waals surface area contributed by atoms with Gasteiger partial charge in [0.15, 0.2) is 5.78 Å². The quantitative estimate of drug-likeness (QED) is 0.738. The summed E-state index contributed by atoms with van der Waals surface area (Å²) in [6.07, 6.45) is -0.486. The molecule has 1 fully saturated rings. The number of halogens is 1. The normalized spacial score (nSPS) is 21.3. The lowest BCUT2D eigenvalue weighted by molar-refractivity contribution is 0.0269. The minimum Gasteiger partial charge on any atom is -0.367 e. The fourth-order valence-corrected chi connectivity index (χ4v) is 1.56. The van der Waals surface area contributed by atoms with Crippen molar-refractivity contribution in [2.45, 2.75) is 6.10 Å². The van der Waals surface area contributed by atoms with E-state index in [1.54, 1.807) is 6.07 Å². The van der Waals surface area contributed by atoms with Crippen molar-refractivity contribution >= 4 is 5.78 Å². The zero-order valence-corrected chi connectivity index (χ0v) is 8.20. The van der Waals surface area contributed by atoms with Gasteiger partial charge in [0.05, 0.1) is 6.61 Å². The largest absolute Gasteiger partial charge is 0.367 e. The Hall–Kier alpha value is -1.26. The van der Waals surface area contributed by atoms with Crippen LogP contribution in [0.4, 0.5) is 4.39 Å². The first-order valence-electron chi connectivity index (χ1n) is 4.89. The van der Waals surface area contributed by atoms with E-state index in [0.717, 1.165) is 6.54 Å². The Balaban J connectivity index is 2.12. The number of ether oxygens (including phenoxy) is 1. The monoisotopic (exact) mass is 209 g/mol. The molecule has 4 heteroatoms. The van der Waals surface area contributed by atoms with Crippen LogP contribution in [-0.2, 0) is 4.74 Å². The molecule has 0 aromatic heterocycles. The molecule has 0 aliphatic carbocycles. The number of carbonyl (C=O) groups excluding carboxylic acids is 1. The highest BCUT2D eigenvalue weighted by Gasteiger charge is 2.22. The molecule has 80 valence electrons. The molecule has 1 aromatic carbocycles. The van der Waals surface area contributed by atoms with Gasteiger partial charge in [0, 0.05) is 18.7 Å². The number of benzene rings is 1. The standard InChI is InChI=1S/C11H12FNO2/c12-9-3-1-2-8(6-9)11(14)10-7-13-4-5-15-10/h1-3,6,10,13H,4-5,7H2. The molecule has 0 radical (unpaired) electrons. The molecule has 15 heavy (non-hydrogen) atoms. The van der Waals surface area contributed by atoms with E-state index in [0.29, 0.717) is 18.7 Å². The Kier molecular flexibility index (Phi) is 3.08. The number of hydrogen-bond acceptors (Lipinski definition) is 3. The average molecular weight is 209 g/mol. The van der Waals surface area contributed by atoms with Crippen molar-refractivity contribution in [2.75, 3.05) is 19.7 Å². The molecule has 0 amide bonds. The van der Waals surface area contributed by atoms with Crippen molar-refractivity contribution in [1.82, 2.24) is 5.32 Å². The number of Topliss-reactive ketones (excluding diaryl/α,β-unsaturated/α-hetero) is 1. The van der Waals surface area contributed by atoms with Gasteiger partial charge in [-0.05, 0) is 12.1 Å². The molecule has 0 saturated carbocycles. The molecule has 0 spiro atoms. The van der Waals surface area contributed by atoms with E-state index in [1.807, 2.05) is 0 Å². The minimum absolute atomic E-state index is 0.165. The Bertz CT molecular complexity index is 361. The summed E-state index contributed by atoms with van der Waals surface area (Å²) >= 11 is 0. The lowest BCUT2D eigenvalue weighted by atomic mass is 10.1. The fourth-order valence-electron chi connectivity index (χ4n) is 1.56. The van der Waals surface area contributed by atoms with E-state index >= 15 is 0 Å². The summed E-state index contributed by atoms with van der Waals surface area (Å²) in [6, 6.07) is 5.68. The van der Waals surface area contributed by atoms with Gasteiger partial charge in [0.2, 0.25) is 0 Å². The molecule has 3 nitrogen and oxygen atoms in total. The summed E-state index contributed by atoms with van der Waals surface area (Å²) in [7, 11) is 0. The number of rotatable bonds is 2. The summed E-state index contributed by atoms with van der Waals surface area (Å²) in [5, 5.41) is 3.06. The summed E-state index contributed by atoms with van der Waals surface area (Å²) in [4.78, 5) is 11.8. The first-order valence-corrected chi connectivity index (χ1v) is 4.89. The predicted molar refractivity (Wildman–Crippen MR) is 53.3 cm³/mol. The Morgan fingerprint density at radius 2 is 2.40 bits per heavy atom. The predicted octanol–water partition coefficient (Wildman–Crippen LogP) is 0.997. The SMILES string of the molecule is O=C(c1cccc(F)c1)C1CNCCO1. The van der Waals surface area contributed by atoms with Crippen molar-refractivity contribution in [3.8, 4) is 0 Å². The molecule has 0 bridgehead atoms. The Morgan fingerprint density at radius 1 is 1.53 bits per heavy atom. The third-order valence-electron chi connectivity index (χ3n) is 2.33. The second-order valence-electron chi connectivity index (χ2n) is 3.44. The third-order valence-corrected chi connectivity index (χ3v) is 2.33. The summed E-state index contributed by atoms with van der Waals surface area (Å²) in [6.45, 7) is 1.77. The number of carbonyl (C=O) groups is 1. The van der Waals surface area contributed by atoms with Crippen molar-refractivity contribution in [2.24, 2.45) is 0 Å². The van der Waals surface area contributed by atoms with Crippen LogP contribution in [0.3, 0.4) is 0 Å². The molecule has 2 rings (SSSR count). The molecule has 1 saturated heterocycles. The van der Waals surface area contributed by atoms with Gasteiger partial charge in [0.1, 0.15) is 11.9 Å². The average Bonchev–Trinajstić information content (AvgIpc) is 2.29. The van der Waals surface area contributed by atoms with Gasteiger partial charge in [-0.1, -0.05) is 12.1 Å². The van der Waals surface area contributed by atoms with Gasteiger partial charge < -0.3 is 10.1 Å². The number of ketones is 1. The first kappa shape index (κ1) is 10.3. The van der Waals surface area contributed by atoms with Gasteiger partial charge in [-0.2, -0.15) is 0 Å². The van der Waals surface area contributed by atoms with Crippen LogP contribution in [0.15, 0.2) is 24.3 Å². The molecular weight excluding hydrogens is 197 g/mol. The molecule has 1 atom stereocenters.